The lowest BCUT2D eigenvalue weighted by Crippen LogP contribution is -2.38. The minimum absolute atomic E-state index is 0.000534. The molecule has 0 spiro atoms. The molecule has 7 heteroatoms. The molecule has 1 amide bonds. The molecule has 4 rings (SSSR count). The highest BCUT2D eigenvalue weighted by molar-refractivity contribution is 5.94. The zero-order valence-corrected chi connectivity index (χ0v) is 16.4. The summed E-state index contributed by atoms with van der Waals surface area (Å²) in [5, 5.41) is 11.9. The summed E-state index contributed by atoms with van der Waals surface area (Å²) in [6.45, 7) is 4.71. The van der Waals surface area contributed by atoms with Crippen LogP contribution in [0.4, 0.5) is 0 Å². The predicted octanol–water partition coefficient (Wildman–Crippen LogP) is 3.05. The topological polar surface area (TPSA) is 77.6 Å². The van der Waals surface area contributed by atoms with Crippen LogP contribution in [0.1, 0.15) is 59.0 Å². The molecule has 1 N–H and O–H groups in total. The normalized spacial score (nSPS) is 19.5. The second-order valence-corrected chi connectivity index (χ2v) is 7.64. The number of amides is 1. The smallest absolute Gasteiger partial charge is 0.251 e. The number of hydrogen-bond donors (Lipinski definition) is 1. The van der Waals surface area contributed by atoms with E-state index in [1.54, 1.807) is 12.7 Å². The Morgan fingerprint density at radius 3 is 2.68 bits per heavy atom. The van der Waals surface area contributed by atoms with Crippen molar-refractivity contribution in [2.75, 3.05) is 0 Å². The van der Waals surface area contributed by atoms with Crippen molar-refractivity contribution in [2.45, 2.75) is 58.2 Å². The van der Waals surface area contributed by atoms with Crippen molar-refractivity contribution < 1.29 is 4.79 Å². The van der Waals surface area contributed by atoms with Gasteiger partial charge < -0.3 is 5.32 Å². The third-order valence-corrected chi connectivity index (χ3v) is 5.47. The summed E-state index contributed by atoms with van der Waals surface area (Å²) in [4.78, 5) is 16.8. The Hall–Kier alpha value is -2.96. The van der Waals surface area contributed by atoms with Gasteiger partial charge in [-0.25, -0.2) is 9.67 Å². The first-order chi connectivity index (χ1) is 13.6. The summed E-state index contributed by atoms with van der Waals surface area (Å²) >= 11 is 0. The summed E-state index contributed by atoms with van der Waals surface area (Å²) in [7, 11) is 0. The van der Waals surface area contributed by atoms with Gasteiger partial charge in [0.25, 0.3) is 5.91 Å². The van der Waals surface area contributed by atoms with Crippen molar-refractivity contribution >= 4 is 5.91 Å². The van der Waals surface area contributed by atoms with Crippen LogP contribution >= 0.6 is 0 Å². The molecule has 1 saturated carbocycles. The minimum atomic E-state index is -0.000534. The fourth-order valence-corrected chi connectivity index (χ4v) is 3.98. The van der Waals surface area contributed by atoms with Crippen LogP contribution < -0.4 is 5.32 Å². The van der Waals surface area contributed by atoms with Gasteiger partial charge in [0.05, 0.1) is 18.3 Å². The number of rotatable bonds is 5. The van der Waals surface area contributed by atoms with Gasteiger partial charge in [-0.2, -0.15) is 10.2 Å². The summed E-state index contributed by atoms with van der Waals surface area (Å²) in [5.74, 6) is -0.000534. The van der Waals surface area contributed by atoms with Gasteiger partial charge in [-0.3, -0.25) is 9.48 Å². The van der Waals surface area contributed by atoms with Crippen LogP contribution in [0, 0.1) is 13.8 Å². The lowest BCUT2D eigenvalue weighted by molar-refractivity contribution is 0.0921. The number of nitrogens with one attached hydrogen (secondary N) is 1. The Balaban J connectivity index is 1.35. The first-order valence-electron chi connectivity index (χ1n) is 9.83. The van der Waals surface area contributed by atoms with E-state index in [4.69, 9.17) is 0 Å². The molecule has 7 nitrogen and oxygen atoms in total. The quantitative estimate of drug-likeness (QED) is 0.740. The lowest BCUT2D eigenvalue weighted by atomic mass is 9.91. The summed E-state index contributed by atoms with van der Waals surface area (Å²) in [5.41, 5.74) is 3.91. The number of nitrogens with zero attached hydrogens (tertiary/aromatic N) is 5. The van der Waals surface area contributed by atoms with Gasteiger partial charge in [-0.15, -0.1) is 0 Å². The van der Waals surface area contributed by atoms with Gasteiger partial charge in [0, 0.05) is 17.3 Å². The van der Waals surface area contributed by atoms with E-state index < -0.39 is 0 Å². The maximum Gasteiger partial charge on any atom is 0.251 e. The van der Waals surface area contributed by atoms with Crippen LogP contribution in [0.5, 0.6) is 0 Å². The van der Waals surface area contributed by atoms with Crippen molar-refractivity contribution in [2.24, 2.45) is 0 Å². The Morgan fingerprint density at radius 2 is 2.00 bits per heavy atom. The first kappa shape index (κ1) is 18.4. The molecular formula is C21H26N6O. The van der Waals surface area contributed by atoms with Gasteiger partial charge in [0.15, 0.2) is 0 Å². The van der Waals surface area contributed by atoms with E-state index in [1.807, 2.05) is 47.5 Å². The van der Waals surface area contributed by atoms with Crippen molar-refractivity contribution in [1.82, 2.24) is 29.9 Å². The Kier molecular flexibility index (Phi) is 5.23. The van der Waals surface area contributed by atoms with Crippen LogP contribution in [0.3, 0.4) is 0 Å². The molecular weight excluding hydrogens is 352 g/mol. The van der Waals surface area contributed by atoms with Crippen LogP contribution in [0.25, 0.3) is 0 Å². The second kappa shape index (κ2) is 7.96. The number of benzene rings is 1. The van der Waals surface area contributed by atoms with E-state index >= 15 is 0 Å². The molecule has 0 atom stereocenters. The monoisotopic (exact) mass is 378 g/mol. The van der Waals surface area contributed by atoms with E-state index in [-0.39, 0.29) is 11.9 Å². The van der Waals surface area contributed by atoms with Crippen molar-refractivity contribution in [1.29, 1.82) is 0 Å². The number of carbonyl (C=O) groups is 1. The fraction of sp³-hybridized carbons (Fsp3) is 0.429. The molecule has 0 radical (unpaired) electrons. The maximum absolute atomic E-state index is 12.7. The molecule has 1 fully saturated rings. The summed E-state index contributed by atoms with van der Waals surface area (Å²) < 4.78 is 3.90. The number of aryl methyl sites for hydroxylation is 2. The van der Waals surface area contributed by atoms with Crippen LogP contribution in [-0.2, 0) is 6.54 Å². The van der Waals surface area contributed by atoms with E-state index in [1.165, 1.54) is 0 Å². The van der Waals surface area contributed by atoms with Crippen LogP contribution in [0.15, 0.2) is 43.0 Å². The number of carbonyl (C=O) groups excluding carboxylic acids is 1. The highest BCUT2D eigenvalue weighted by Crippen LogP contribution is 2.27. The maximum atomic E-state index is 12.7. The molecule has 0 unspecified atom stereocenters. The summed E-state index contributed by atoms with van der Waals surface area (Å²) in [6.07, 6.45) is 7.28. The average Bonchev–Trinajstić information content (AvgIpc) is 3.33. The lowest BCUT2D eigenvalue weighted by Gasteiger charge is -2.29. The van der Waals surface area contributed by atoms with E-state index in [2.05, 4.69) is 26.6 Å². The Morgan fingerprint density at radius 1 is 1.18 bits per heavy atom. The largest absolute Gasteiger partial charge is 0.349 e. The van der Waals surface area contributed by atoms with Crippen molar-refractivity contribution in [3.05, 3.63) is 65.5 Å². The van der Waals surface area contributed by atoms with Gasteiger partial charge in [-0.05, 0) is 63.3 Å². The second-order valence-electron chi connectivity index (χ2n) is 7.64. The molecule has 28 heavy (non-hydrogen) atoms. The van der Waals surface area contributed by atoms with Crippen molar-refractivity contribution in [3.8, 4) is 0 Å². The molecule has 2 heterocycles. The van der Waals surface area contributed by atoms with Crippen LogP contribution in [0.2, 0.25) is 0 Å². The first-order valence-corrected chi connectivity index (χ1v) is 9.83. The number of aromatic nitrogens is 5. The highest BCUT2D eigenvalue weighted by Gasteiger charge is 2.24. The van der Waals surface area contributed by atoms with Gasteiger partial charge in [0.2, 0.25) is 0 Å². The Labute approximate surface area is 164 Å². The third kappa shape index (κ3) is 4.13. The average molecular weight is 378 g/mol. The van der Waals surface area contributed by atoms with E-state index in [0.29, 0.717) is 18.2 Å². The molecule has 2 aromatic heterocycles. The molecule has 0 bridgehead atoms. The van der Waals surface area contributed by atoms with Gasteiger partial charge >= 0.3 is 0 Å². The third-order valence-electron chi connectivity index (χ3n) is 5.47. The minimum Gasteiger partial charge on any atom is -0.349 e. The fourth-order valence-electron chi connectivity index (χ4n) is 3.98. The molecule has 1 aromatic carbocycles. The molecule has 0 aliphatic heterocycles. The molecule has 0 saturated heterocycles. The molecule has 3 aromatic rings. The summed E-state index contributed by atoms with van der Waals surface area (Å²) in [6, 6.07) is 10.5. The molecule has 1 aliphatic carbocycles. The van der Waals surface area contributed by atoms with E-state index in [0.717, 1.165) is 42.6 Å². The number of hydrogen-bond acceptors (Lipinski definition) is 4. The molecule has 146 valence electrons. The SMILES string of the molecule is Cc1cc(C)n(Cc2cccc(C(=O)NC3CCC(n4cncn4)CC3)c2)n1. The zero-order chi connectivity index (χ0) is 19.5. The molecule has 1 aliphatic rings. The zero-order valence-electron chi connectivity index (χ0n) is 16.4. The predicted molar refractivity (Wildman–Crippen MR) is 106 cm³/mol. The van der Waals surface area contributed by atoms with E-state index in [9.17, 15) is 4.79 Å². The van der Waals surface area contributed by atoms with Crippen molar-refractivity contribution in [3.63, 3.8) is 0 Å². The van der Waals surface area contributed by atoms with Gasteiger partial charge in [-0.1, -0.05) is 12.1 Å². The Bertz CT molecular complexity index is 938. The standard InChI is InChI=1S/C21H26N6O/c1-15-10-16(2)26(25-15)12-17-4-3-5-18(11-17)21(28)24-19-6-8-20(9-7-19)27-14-22-13-23-27/h3-5,10-11,13-14,19-20H,6-9,12H2,1-2H3,(H,24,28). The highest BCUT2D eigenvalue weighted by atomic mass is 16.1. The van der Waals surface area contributed by atoms with Gasteiger partial charge in [0.1, 0.15) is 12.7 Å². The van der Waals surface area contributed by atoms with Crippen LogP contribution in [-0.4, -0.2) is 36.5 Å².